The Kier molecular flexibility index (Phi) is 2.11. The molecule has 0 heterocycles. The van der Waals surface area contributed by atoms with E-state index in [1.54, 1.807) is 0 Å². The van der Waals surface area contributed by atoms with Crippen molar-refractivity contribution in [3.8, 4) is 11.1 Å². The number of hydrogen-bond acceptors (Lipinski definition) is 0. The van der Waals surface area contributed by atoms with E-state index in [2.05, 4.69) is 18.2 Å². The fraction of sp³-hybridized carbons (Fsp3) is 0.450. The number of hydrogen-bond donors (Lipinski definition) is 0. The molecule has 188 valence electrons. The molecule has 11 unspecified atom stereocenters. The molecule has 0 amide bonds. The van der Waals surface area contributed by atoms with Gasteiger partial charge in [0.2, 0.25) is 0 Å². The quantitative estimate of drug-likeness (QED) is 0.144. The third kappa shape index (κ3) is 1.23. The highest BCUT2D eigenvalue weighted by atomic mass is 14.7. The summed E-state index contributed by atoms with van der Waals surface area (Å²) in [5, 5.41) is 11.0. The average molecular weight is 509 g/mol. The molecule has 0 heteroatoms. The van der Waals surface area contributed by atoms with Crippen molar-refractivity contribution in [1.29, 1.82) is 0 Å². The van der Waals surface area contributed by atoms with Crippen LogP contribution < -0.4 is 0 Å². The van der Waals surface area contributed by atoms with Crippen LogP contribution >= 0.6 is 0 Å². The van der Waals surface area contributed by atoms with Crippen LogP contribution in [0.4, 0.5) is 0 Å². The maximum Gasteiger partial charge on any atom is 0.0102 e. The van der Waals surface area contributed by atoms with Crippen LogP contribution in [0, 0.1) is 11.8 Å². The minimum atomic E-state index is 0.709. The van der Waals surface area contributed by atoms with Gasteiger partial charge in [0, 0.05) is 5.92 Å². The number of allylic oxidation sites excluding steroid dienone is 4. The Bertz CT molecular complexity index is 2310. The molecule has 4 aromatic rings. The molecule has 12 aliphatic rings. The second kappa shape index (κ2) is 4.73. The van der Waals surface area contributed by atoms with E-state index < -0.39 is 0 Å². The van der Waals surface area contributed by atoms with Crippen molar-refractivity contribution in [2.75, 3.05) is 0 Å². The van der Waals surface area contributed by atoms with Crippen molar-refractivity contribution in [3.05, 3.63) is 73.9 Å². The Balaban J connectivity index is 1.32. The molecule has 16 rings (SSSR count). The molecule has 0 radical (unpaired) electrons. The third-order valence-electron chi connectivity index (χ3n) is 16.4. The van der Waals surface area contributed by atoms with Crippen LogP contribution in [0.15, 0.2) is 18.2 Å². The lowest BCUT2D eigenvalue weighted by atomic mass is 9.63. The van der Waals surface area contributed by atoms with E-state index in [-0.39, 0.29) is 0 Å². The third-order valence-corrected chi connectivity index (χ3v) is 16.4. The number of rotatable bonds is 0. The molecule has 4 aromatic carbocycles. The van der Waals surface area contributed by atoms with Gasteiger partial charge in [-0.1, -0.05) is 18.2 Å². The topological polar surface area (TPSA) is 0 Å². The molecule has 0 saturated carbocycles. The SMILES string of the molecule is C1=CC2C3CCC4c5c3c3c6c7c5c5c8c9c%10c%11c%12c%13c%14c(c-6c%12c97)C(C1C%14CCC%13C%11CC=C%10C8CCC54)C32. The molecule has 12 aliphatic carbocycles. The number of fused-ring (bicyclic) bond motifs is 5. The minimum absolute atomic E-state index is 0.709. The second-order valence-electron chi connectivity index (χ2n) is 16.5. The summed E-state index contributed by atoms with van der Waals surface area (Å²) < 4.78 is 0. The molecule has 0 spiro atoms. The van der Waals surface area contributed by atoms with Crippen molar-refractivity contribution < 1.29 is 0 Å². The molecule has 40 heavy (non-hydrogen) atoms. The maximum atomic E-state index is 2.82. The van der Waals surface area contributed by atoms with Gasteiger partial charge < -0.3 is 0 Å². The minimum Gasteiger partial charge on any atom is -0.0839 e. The highest BCUT2D eigenvalue weighted by Gasteiger charge is 2.64. The molecular formula is C40H28. The highest BCUT2D eigenvalue weighted by molar-refractivity contribution is 6.40. The van der Waals surface area contributed by atoms with Crippen LogP contribution in [0.1, 0.15) is 154 Å². The van der Waals surface area contributed by atoms with Gasteiger partial charge in [0.05, 0.1) is 0 Å². The van der Waals surface area contributed by atoms with Crippen molar-refractivity contribution in [1.82, 2.24) is 0 Å². The lowest BCUT2D eigenvalue weighted by Crippen LogP contribution is -2.28. The largest absolute Gasteiger partial charge is 0.0839 e. The molecule has 0 fully saturated rings. The monoisotopic (exact) mass is 508 g/mol. The molecule has 0 saturated heterocycles. The van der Waals surface area contributed by atoms with Crippen LogP contribution in [0.5, 0.6) is 0 Å². The summed E-state index contributed by atoms with van der Waals surface area (Å²) in [6.45, 7) is 0. The van der Waals surface area contributed by atoms with Crippen molar-refractivity contribution >= 4 is 37.9 Å². The Morgan fingerprint density at radius 1 is 0.400 bits per heavy atom. The zero-order valence-corrected chi connectivity index (χ0v) is 22.5. The Morgan fingerprint density at radius 2 is 0.975 bits per heavy atom. The molecule has 0 aromatic heterocycles. The van der Waals surface area contributed by atoms with Gasteiger partial charge in [-0.25, -0.2) is 0 Å². The van der Waals surface area contributed by atoms with Crippen molar-refractivity contribution in [2.45, 2.75) is 98.2 Å². The van der Waals surface area contributed by atoms with Gasteiger partial charge >= 0.3 is 0 Å². The van der Waals surface area contributed by atoms with Crippen LogP contribution in [-0.2, 0) is 0 Å². The van der Waals surface area contributed by atoms with Crippen LogP contribution in [-0.4, -0.2) is 0 Å². The molecule has 0 N–H and O–H groups in total. The first-order chi connectivity index (χ1) is 19.9. The highest BCUT2D eigenvalue weighted by Crippen LogP contribution is 2.81. The predicted octanol–water partition coefficient (Wildman–Crippen LogP) is 9.93. The second-order valence-corrected chi connectivity index (χ2v) is 16.5. The Hall–Kier alpha value is -2.86. The van der Waals surface area contributed by atoms with Gasteiger partial charge in [0.15, 0.2) is 0 Å². The first-order valence-electron chi connectivity index (χ1n) is 17.0. The van der Waals surface area contributed by atoms with Crippen LogP contribution in [0.2, 0.25) is 0 Å². The normalized spacial score (nSPS) is 44.1. The van der Waals surface area contributed by atoms with Crippen molar-refractivity contribution in [2.24, 2.45) is 11.8 Å². The van der Waals surface area contributed by atoms with E-state index in [9.17, 15) is 0 Å². The summed E-state index contributed by atoms with van der Waals surface area (Å²) in [7, 11) is 0. The van der Waals surface area contributed by atoms with E-state index >= 15 is 0 Å². The van der Waals surface area contributed by atoms with Gasteiger partial charge in [0.25, 0.3) is 0 Å². The van der Waals surface area contributed by atoms with E-state index in [1.807, 2.05) is 105 Å². The standard InChI is InChI=1S/C40H28/c1-2-12-14-5-6-16-18-9-10-20-19-8-7-17-15-4-3-13-11(1)21-22(12)32-24(14)26(16)34-29(18)30(20)35-28(19)27(17)33-25(15)23(13)31(21)36-37(32)39(34)40(35)38(33)36/h1-2,8,11-18,20-22H,3-7,9-10H2. The predicted molar refractivity (Wildman–Crippen MR) is 159 cm³/mol. The lowest BCUT2D eigenvalue weighted by Gasteiger charge is -2.40. The summed E-state index contributed by atoms with van der Waals surface area (Å²) >= 11 is 0. The van der Waals surface area contributed by atoms with E-state index in [0.717, 1.165) is 59.2 Å². The van der Waals surface area contributed by atoms with Crippen molar-refractivity contribution in [3.63, 3.8) is 0 Å². The zero-order valence-electron chi connectivity index (χ0n) is 22.5. The zero-order chi connectivity index (χ0) is 24.4. The molecule has 0 nitrogen and oxygen atoms in total. The summed E-state index contributed by atoms with van der Waals surface area (Å²) in [5.74, 6) is 8.67. The Labute approximate surface area is 232 Å². The molecule has 0 aliphatic heterocycles. The van der Waals surface area contributed by atoms with Gasteiger partial charge in [-0.2, -0.15) is 0 Å². The smallest absolute Gasteiger partial charge is 0.0102 e. The van der Waals surface area contributed by atoms with Gasteiger partial charge in [-0.15, -0.1) is 0 Å². The summed E-state index contributed by atoms with van der Waals surface area (Å²) in [6.07, 6.45) is 18.5. The van der Waals surface area contributed by atoms with E-state index in [1.165, 1.54) is 44.9 Å². The Morgan fingerprint density at radius 3 is 1.68 bits per heavy atom. The number of benzene rings is 4. The molecule has 0 bridgehead atoms. The maximum absolute atomic E-state index is 2.82. The van der Waals surface area contributed by atoms with Crippen LogP contribution in [0.25, 0.3) is 49.0 Å². The fourth-order valence-electron chi connectivity index (χ4n) is 16.0. The van der Waals surface area contributed by atoms with Gasteiger partial charge in [-0.3, -0.25) is 0 Å². The van der Waals surface area contributed by atoms with E-state index in [0.29, 0.717) is 5.92 Å². The van der Waals surface area contributed by atoms with Crippen LogP contribution in [0.3, 0.4) is 0 Å². The fourth-order valence-corrected chi connectivity index (χ4v) is 16.0. The van der Waals surface area contributed by atoms with Gasteiger partial charge in [0.1, 0.15) is 0 Å². The molecular weight excluding hydrogens is 480 g/mol. The first-order valence-corrected chi connectivity index (χ1v) is 17.0. The molecule has 11 atom stereocenters. The summed E-state index contributed by atoms with van der Waals surface area (Å²) in [5.41, 5.74) is 24.7. The lowest BCUT2D eigenvalue weighted by molar-refractivity contribution is 0.291. The first kappa shape index (κ1) is 17.8. The average Bonchev–Trinajstić information content (AvgIpc) is 3.79. The summed E-state index contributed by atoms with van der Waals surface area (Å²) in [4.78, 5) is 0. The van der Waals surface area contributed by atoms with Gasteiger partial charge in [-0.05, 0) is 209 Å². The van der Waals surface area contributed by atoms with E-state index in [4.69, 9.17) is 0 Å². The summed E-state index contributed by atoms with van der Waals surface area (Å²) in [6, 6.07) is 0.